The second kappa shape index (κ2) is 13.9. The first-order valence-electron chi connectivity index (χ1n) is 14.3. The van der Waals surface area contributed by atoms with Crippen molar-refractivity contribution >= 4 is 36.6 Å². The van der Waals surface area contributed by atoms with Crippen LogP contribution in [0.25, 0.3) is 5.69 Å². The number of carbonyl (C=O) groups excluding carboxylic acids is 2. The minimum atomic E-state index is -0.859. The Morgan fingerprint density at radius 2 is 1.69 bits per heavy atom. The average Bonchev–Trinajstić information content (AvgIpc) is 3.23. The van der Waals surface area contributed by atoms with Crippen molar-refractivity contribution in [2.24, 2.45) is 5.92 Å². The van der Waals surface area contributed by atoms with Crippen molar-refractivity contribution in [3.05, 3.63) is 77.1 Å². The fourth-order valence-corrected chi connectivity index (χ4v) is 6.22. The van der Waals surface area contributed by atoms with Crippen LogP contribution in [0.4, 0.5) is 0 Å². The Balaban J connectivity index is 0.00000242. The van der Waals surface area contributed by atoms with Gasteiger partial charge in [-0.1, -0.05) is 44.2 Å². The van der Waals surface area contributed by atoms with Crippen molar-refractivity contribution in [1.29, 1.82) is 0 Å². The summed E-state index contributed by atoms with van der Waals surface area (Å²) >= 11 is 0. The molecular formula is C32H43Cl2N5O3. The smallest absolute Gasteiger partial charge is 0.246 e. The average molecular weight is 617 g/mol. The quantitative estimate of drug-likeness (QED) is 0.374. The molecule has 0 aliphatic carbocycles. The molecule has 2 aromatic carbocycles. The standard InChI is InChI=1S/C32H41N5O3.2ClH/c1-22(2)18-29-30(38)36(20-25-10-9-13-27(19-25)40-5)32(31(39)33-29)14-16-35(17-15-32)21-28-23(3)34-37(24(28)4)26-11-7-6-8-12-26;;/h6-13,19,22,29H,14-18,20-21H2,1-5H3,(H,33,39);2*1H. The minimum absolute atomic E-state index is 0. The number of hydrogen-bond donors (Lipinski definition) is 1. The summed E-state index contributed by atoms with van der Waals surface area (Å²) in [5.74, 6) is 1.04. The molecule has 228 valence electrons. The van der Waals surface area contributed by atoms with Crippen LogP contribution in [0.5, 0.6) is 5.75 Å². The third-order valence-electron chi connectivity index (χ3n) is 8.50. The topological polar surface area (TPSA) is 79.7 Å². The maximum absolute atomic E-state index is 13.9. The van der Waals surface area contributed by atoms with Crippen LogP contribution in [0.3, 0.4) is 0 Å². The van der Waals surface area contributed by atoms with Gasteiger partial charge in [-0.25, -0.2) is 4.68 Å². The lowest BCUT2D eigenvalue weighted by molar-refractivity contribution is -0.162. The van der Waals surface area contributed by atoms with Gasteiger partial charge in [-0.2, -0.15) is 5.10 Å². The highest BCUT2D eigenvalue weighted by atomic mass is 35.5. The van der Waals surface area contributed by atoms with E-state index in [1.165, 1.54) is 5.56 Å². The lowest BCUT2D eigenvalue weighted by atomic mass is 9.80. The number of hydrogen-bond acceptors (Lipinski definition) is 5. The van der Waals surface area contributed by atoms with Crippen molar-refractivity contribution in [2.45, 2.75) is 71.6 Å². The Labute approximate surface area is 261 Å². The van der Waals surface area contributed by atoms with Crippen molar-refractivity contribution in [3.63, 3.8) is 0 Å². The van der Waals surface area contributed by atoms with Gasteiger partial charge < -0.3 is 15.0 Å². The summed E-state index contributed by atoms with van der Waals surface area (Å²) < 4.78 is 7.43. The summed E-state index contributed by atoms with van der Waals surface area (Å²) in [5, 5.41) is 7.93. The van der Waals surface area contributed by atoms with Crippen LogP contribution in [-0.2, 0) is 22.7 Å². The molecule has 1 spiro atoms. The third-order valence-corrected chi connectivity index (χ3v) is 8.50. The second-order valence-corrected chi connectivity index (χ2v) is 11.6. The largest absolute Gasteiger partial charge is 0.497 e. The van der Waals surface area contributed by atoms with Gasteiger partial charge in [0.1, 0.15) is 17.3 Å². The number of likely N-dealkylation sites (tertiary alicyclic amines) is 1. The molecule has 2 aliphatic rings. The molecule has 8 nitrogen and oxygen atoms in total. The highest BCUT2D eigenvalue weighted by molar-refractivity contribution is 6.00. The van der Waals surface area contributed by atoms with E-state index < -0.39 is 11.6 Å². The molecule has 0 saturated carbocycles. The van der Waals surface area contributed by atoms with Gasteiger partial charge in [-0.15, -0.1) is 24.8 Å². The highest BCUT2D eigenvalue weighted by Crippen LogP contribution is 2.36. The van der Waals surface area contributed by atoms with Gasteiger partial charge in [0.05, 0.1) is 18.5 Å². The van der Waals surface area contributed by atoms with Crippen molar-refractivity contribution in [1.82, 2.24) is 24.9 Å². The first-order chi connectivity index (χ1) is 19.2. The van der Waals surface area contributed by atoms with Crippen LogP contribution in [-0.4, -0.2) is 63.2 Å². The van der Waals surface area contributed by atoms with E-state index in [-0.39, 0.29) is 36.6 Å². The lowest BCUT2D eigenvalue weighted by Gasteiger charge is -2.52. The van der Waals surface area contributed by atoms with Crippen molar-refractivity contribution < 1.29 is 14.3 Å². The Hall–Kier alpha value is -3.07. The van der Waals surface area contributed by atoms with E-state index in [0.29, 0.717) is 31.7 Å². The fourth-order valence-electron chi connectivity index (χ4n) is 6.22. The maximum Gasteiger partial charge on any atom is 0.246 e. The number of aryl methyl sites for hydroxylation is 1. The summed E-state index contributed by atoms with van der Waals surface area (Å²) in [6, 6.07) is 17.5. The Morgan fingerprint density at radius 3 is 2.33 bits per heavy atom. The normalized spacial score (nSPS) is 18.4. The number of carbonyl (C=O) groups is 2. The molecule has 2 amide bonds. The van der Waals surface area contributed by atoms with Crippen LogP contribution >= 0.6 is 24.8 Å². The molecular weight excluding hydrogens is 573 g/mol. The highest BCUT2D eigenvalue weighted by Gasteiger charge is 2.53. The number of benzene rings is 2. The molecule has 1 unspecified atom stereocenters. The Bertz CT molecular complexity index is 1370. The van der Waals surface area contributed by atoms with Gasteiger partial charge in [-0.05, 0) is 68.9 Å². The van der Waals surface area contributed by atoms with E-state index in [2.05, 4.69) is 50.0 Å². The second-order valence-electron chi connectivity index (χ2n) is 11.6. The van der Waals surface area contributed by atoms with E-state index in [9.17, 15) is 9.59 Å². The van der Waals surface area contributed by atoms with Crippen LogP contribution in [0.2, 0.25) is 0 Å². The number of nitrogens with zero attached hydrogens (tertiary/aromatic N) is 4. The summed E-state index contributed by atoms with van der Waals surface area (Å²) in [6.45, 7) is 10.9. The predicted molar refractivity (Wildman–Crippen MR) is 170 cm³/mol. The van der Waals surface area contributed by atoms with Gasteiger partial charge >= 0.3 is 0 Å². The molecule has 0 radical (unpaired) electrons. The van der Waals surface area contributed by atoms with Crippen molar-refractivity contribution in [3.8, 4) is 11.4 Å². The summed E-state index contributed by atoms with van der Waals surface area (Å²) in [6.07, 6.45) is 1.81. The number of halogens is 2. The van der Waals surface area contributed by atoms with Crippen LogP contribution in [0.15, 0.2) is 54.6 Å². The van der Waals surface area contributed by atoms with E-state index in [0.717, 1.165) is 48.0 Å². The summed E-state index contributed by atoms with van der Waals surface area (Å²) in [4.78, 5) is 32.0. The molecule has 3 aromatic rings. The van der Waals surface area contributed by atoms with Crippen molar-refractivity contribution in [2.75, 3.05) is 20.2 Å². The number of amides is 2. The number of aromatic nitrogens is 2. The van der Waals surface area contributed by atoms with Gasteiger partial charge in [0.25, 0.3) is 0 Å². The molecule has 0 bridgehead atoms. The van der Waals surface area contributed by atoms with Gasteiger partial charge in [0.2, 0.25) is 11.8 Å². The van der Waals surface area contributed by atoms with Crippen LogP contribution < -0.4 is 10.1 Å². The predicted octanol–water partition coefficient (Wildman–Crippen LogP) is 5.25. The molecule has 1 aromatic heterocycles. The third kappa shape index (κ3) is 6.61. The van der Waals surface area contributed by atoms with Gasteiger partial charge in [0.15, 0.2) is 0 Å². The van der Waals surface area contributed by atoms with E-state index >= 15 is 0 Å². The van der Waals surface area contributed by atoms with Crippen LogP contribution in [0, 0.1) is 19.8 Å². The Morgan fingerprint density at radius 1 is 1.00 bits per heavy atom. The lowest BCUT2D eigenvalue weighted by Crippen LogP contribution is -2.72. The van der Waals surface area contributed by atoms with E-state index in [4.69, 9.17) is 9.84 Å². The zero-order valence-corrected chi connectivity index (χ0v) is 26.8. The molecule has 42 heavy (non-hydrogen) atoms. The number of ether oxygens (including phenoxy) is 1. The fraction of sp³-hybridized carbons (Fsp3) is 0.469. The molecule has 2 aliphatic heterocycles. The molecule has 3 heterocycles. The molecule has 1 N–H and O–H groups in total. The van der Waals surface area contributed by atoms with Gasteiger partial charge in [0, 0.05) is 37.4 Å². The minimum Gasteiger partial charge on any atom is -0.497 e. The molecule has 5 rings (SSSR count). The zero-order valence-electron chi connectivity index (χ0n) is 25.1. The zero-order chi connectivity index (χ0) is 28.4. The number of nitrogens with one attached hydrogen (secondary N) is 1. The monoisotopic (exact) mass is 615 g/mol. The van der Waals surface area contributed by atoms with Crippen LogP contribution in [0.1, 0.15) is 55.6 Å². The number of piperazine rings is 1. The maximum atomic E-state index is 13.9. The van der Waals surface area contributed by atoms with E-state index in [1.807, 2.05) is 52.0 Å². The first kappa shape index (κ1) is 33.4. The Kier molecular flexibility index (Phi) is 11.1. The SMILES string of the molecule is COc1cccc(CN2C(=O)C(CC(C)C)NC(=O)C23CCN(Cc2c(C)nn(-c4ccccc4)c2C)CC3)c1.Cl.Cl. The molecule has 2 saturated heterocycles. The number of rotatable bonds is 8. The number of para-hydroxylation sites is 1. The molecule has 1 atom stereocenters. The molecule has 10 heteroatoms. The first-order valence-corrected chi connectivity index (χ1v) is 14.3. The molecule has 2 fully saturated rings. The summed E-state index contributed by atoms with van der Waals surface area (Å²) in [5.41, 5.74) is 4.52. The van der Waals surface area contributed by atoms with Gasteiger partial charge in [-0.3, -0.25) is 14.5 Å². The number of piperidine rings is 1. The van der Waals surface area contributed by atoms with E-state index in [1.54, 1.807) is 7.11 Å². The summed E-state index contributed by atoms with van der Waals surface area (Å²) in [7, 11) is 1.64. The number of methoxy groups -OCH3 is 1.